The van der Waals surface area contributed by atoms with E-state index in [1.165, 1.54) is 6.07 Å². The normalized spacial score (nSPS) is 12.9. The van der Waals surface area contributed by atoms with Gasteiger partial charge in [0, 0.05) is 13.7 Å². The summed E-state index contributed by atoms with van der Waals surface area (Å²) >= 11 is 0. The van der Waals surface area contributed by atoms with E-state index < -0.39 is 17.8 Å². The van der Waals surface area contributed by atoms with Gasteiger partial charge in [0.05, 0.1) is 24.8 Å². The number of methoxy groups -OCH3 is 1. The van der Waals surface area contributed by atoms with Crippen LogP contribution in [-0.4, -0.2) is 32.7 Å². The van der Waals surface area contributed by atoms with Gasteiger partial charge in [0.1, 0.15) is 0 Å². The van der Waals surface area contributed by atoms with Crippen molar-refractivity contribution < 1.29 is 22.7 Å². The maximum Gasteiger partial charge on any atom is 0.416 e. The molecule has 1 aromatic rings. The number of benzene rings is 1. The van der Waals surface area contributed by atoms with E-state index in [0.29, 0.717) is 25.1 Å². The number of carbonyl (C=O) groups excluding carboxylic acids is 1. The zero-order valence-electron chi connectivity index (χ0n) is 13.4. The Balaban J connectivity index is 2.72. The van der Waals surface area contributed by atoms with Crippen molar-refractivity contribution in [3.8, 4) is 0 Å². The number of ether oxygens (including phenoxy) is 1. The van der Waals surface area contributed by atoms with Crippen LogP contribution in [0.5, 0.6) is 0 Å². The molecule has 0 heterocycles. The molecule has 23 heavy (non-hydrogen) atoms. The Kier molecular flexibility index (Phi) is 8.05. The Labute approximate surface area is 134 Å². The van der Waals surface area contributed by atoms with Crippen LogP contribution < -0.4 is 10.6 Å². The SMILES string of the molecule is CCCC(NC(=O)CNCCOC)c1cccc(C(F)(F)F)c1. The molecule has 0 aromatic heterocycles. The summed E-state index contributed by atoms with van der Waals surface area (Å²) in [6, 6.07) is 4.66. The molecule has 0 saturated heterocycles. The topological polar surface area (TPSA) is 50.4 Å². The molecule has 1 aromatic carbocycles. The van der Waals surface area contributed by atoms with E-state index in [0.717, 1.165) is 18.6 Å². The third kappa shape index (κ3) is 7.00. The van der Waals surface area contributed by atoms with Crippen LogP contribution >= 0.6 is 0 Å². The molecular weight excluding hydrogens is 309 g/mol. The lowest BCUT2D eigenvalue weighted by atomic mass is 10.00. The molecule has 4 nitrogen and oxygen atoms in total. The highest BCUT2D eigenvalue weighted by atomic mass is 19.4. The quantitative estimate of drug-likeness (QED) is 0.684. The first kappa shape index (κ1) is 19.4. The molecule has 0 bridgehead atoms. The lowest BCUT2D eigenvalue weighted by Crippen LogP contribution is -2.37. The lowest BCUT2D eigenvalue weighted by Gasteiger charge is -2.20. The van der Waals surface area contributed by atoms with Crippen LogP contribution in [0.4, 0.5) is 13.2 Å². The van der Waals surface area contributed by atoms with Gasteiger partial charge in [-0.3, -0.25) is 4.79 Å². The summed E-state index contributed by atoms with van der Waals surface area (Å²) in [5, 5.41) is 5.68. The van der Waals surface area contributed by atoms with Crippen molar-refractivity contribution in [2.75, 3.05) is 26.8 Å². The number of amides is 1. The number of halogens is 3. The first-order valence-electron chi connectivity index (χ1n) is 7.54. The van der Waals surface area contributed by atoms with Crippen molar-refractivity contribution in [1.29, 1.82) is 0 Å². The van der Waals surface area contributed by atoms with E-state index in [-0.39, 0.29) is 12.5 Å². The predicted octanol–water partition coefficient (Wildman–Crippen LogP) is 2.90. The average molecular weight is 332 g/mol. The van der Waals surface area contributed by atoms with Gasteiger partial charge in [-0.25, -0.2) is 0 Å². The van der Waals surface area contributed by atoms with Crippen molar-refractivity contribution in [3.05, 3.63) is 35.4 Å². The molecule has 0 radical (unpaired) electrons. The lowest BCUT2D eigenvalue weighted by molar-refractivity contribution is -0.137. The Morgan fingerprint density at radius 2 is 2.09 bits per heavy atom. The molecular formula is C16H23F3N2O2. The van der Waals surface area contributed by atoms with Crippen LogP contribution in [0, 0.1) is 0 Å². The second-order valence-corrected chi connectivity index (χ2v) is 5.20. The van der Waals surface area contributed by atoms with Crippen molar-refractivity contribution in [3.63, 3.8) is 0 Å². The Bertz CT molecular complexity index is 492. The monoisotopic (exact) mass is 332 g/mol. The Hall–Kier alpha value is -1.60. The largest absolute Gasteiger partial charge is 0.416 e. The van der Waals surface area contributed by atoms with Gasteiger partial charge in [-0.2, -0.15) is 13.2 Å². The van der Waals surface area contributed by atoms with Gasteiger partial charge in [0.25, 0.3) is 0 Å². The van der Waals surface area contributed by atoms with Gasteiger partial charge in [0.2, 0.25) is 5.91 Å². The number of hydrogen-bond donors (Lipinski definition) is 2. The summed E-state index contributed by atoms with van der Waals surface area (Å²) in [6.45, 7) is 3.04. The van der Waals surface area contributed by atoms with Gasteiger partial charge in [-0.1, -0.05) is 25.5 Å². The summed E-state index contributed by atoms with van der Waals surface area (Å²) < 4.78 is 43.3. The van der Waals surface area contributed by atoms with Crippen LogP contribution in [-0.2, 0) is 15.7 Å². The summed E-state index contributed by atoms with van der Waals surface area (Å²) in [6.07, 6.45) is -3.07. The summed E-state index contributed by atoms with van der Waals surface area (Å²) in [5.74, 6) is -0.253. The molecule has 0 spiro atoms. The highest BCUT2D eigenvalue weighted by Gasteiger charge is 2.31. The zero-order valence-corrected chi connectivity index (χ0v) is 13.4. The Morgan fingerprint density at radius 3 is 2.70 bits per heavy atom. The van der Waals surface area contributed by atoms with Crippen molar-refractivity contribution in [2.24, 2.45) is 0 Å². The smallest absolute Gasteiger partial charge is 0.383 e. The van der Waals surface area contributed by atoms with Gasteiger partial charge < -0.3 is 15.4 Å². The van der Waals surface area contributed by atoms with E-state index in [9.17, 15) is 18.0 Å². The zero-order chi connectivity index (χ0) is 17.3. The number of nitrogens with one attached hydrogen (secondary N) is 2. The van der Waals surface area contributed by atoms with Gasteiger partial charge in [-0.15, -0.1) is 0 Å². The minimum atomic E-state index is -4.39. The van der Waals surface area contributed by atoms with Gasteiger partial charge in [0.15, 0.2) is 0 Å². The molecule has 1 unspecified atom stereocenters. The van der Waals surface area contributed by atoms with E-state index in [1.54, 1.807) is 13.2 Å². The number of carbonyl (C=O) groups is 1. The van der Waals surface area contributed by atoms with Crippen LogP contribution in [0.1, 0.15) is 36.9 Å². The molecule has 0 aliphatic heterocycles. The molecule has 7 heteroatoms. The van der Waals surface area contributed by atoms with Gasteiger partial charge in [-0.05, 0) is 24.1 Å². The fourth-order valence-corrected chi connectivity index (χ4v) is 2.16. The van der Waals surface area contributed by atoms with Crippen molar-refractivity contribution >= 4 is 5.91 Å². The molecule has 0 fully saturated rings. The van der Waals surface area contributed by atoms with Crippen LogP contribution in [0.25, 0.3) is 0 Å². The molecule has 1 rings (SSSR count). The minimum Gasteiger partial charge on any atom is -0.383 e. The van der Waals surface area contributed by atoms with Gasteiger partial charge >= 0.3 is 6.18 Å². The highest BCUT2D eigenvalue weighted by Crippen LogP contribution is 2.31. The van der Waals surface area contributed by atoms with E-state index in [1.807, 2.05) is 6.92 Å². The van der Waals surface area contributed by atoms with Crippen molar-refractivity contribution in [1.82, 2.24) is 10.6 Å². The molecule has 1 amide bonds. The maximum atomic E-state index is 12.8. The number of rotatable bonds is 9. The van der Waals surface area contributed by atoms with Crippen LogP contribution in [0.2, 0.25) is 0 Å². The summed E-state index contributed by atoms with van der Waals surface area (Å²) in [7, 11) is 1.56. The second-order valence-electron chi connectivity index (χ2n) is 5.20. The molecule has 1 atom stereocenters. The highest BCUT2D eigenvalue weighted by molar-refractivity contribution is 5.78. The van der Waals surface area contributed by atoms with E-state index in [4.69, 9.17) is 4.74 Å². The molecule has 130 valence electrons. The molecule has 0 saturated carbocycles. The third-order valence-corrected chi connectivity index (χ3v) is 3.30. The second kappa shape index (κ2) is 9.52. The van der Waals surface area contributed by atoms with Crippen LogP contribution in [0.15, 0.2) is 24.3 Å². The average Bonchev–Trinajstić information content (AvgIpc) is 2.50. The fourth-order valence-electron chi connectivity index (χ4n) is 2.16. The molecule has 2 N–H and O–H groups in total. The molecule has 0 aliphatic rings. The standard InChI is InChI=1S/C16H23F3N2O2/c1-3-5-14(21-15(22)11-20-8-9-23-2)12-6-4-7-13(10-12)16(17,18)19/h4,6-7,10,14,20H,3,5,8-9,11H2,1-2H3,(H,21,22). The van der Waals surface area contributed by atoms with Crippen molar-refractivity contribution in [2.45, 2.75) is 32.0 Å². The van der Waals surface area contributed by atoms with Crippen LogP contribution in [0.3, 0.4) is 0 Å². The summed E-state index contributed by atoms with van der Waals surface area (Å²) in [4.78, 5) is 11.9. The maximum absolute atomic E-state index is 12.8. The number of alkyl halides is 3. The first-order valence-corrected chi connectivity index (χ1v) is 7.54. The number of hydrogen-bond acceptors (Lipinski definition) is 3. The first-order chi connectivity index (χ1) is 10.9. The molecule has 0 aliphatic carbocycles. The predicted molar refractivity (Wildman–Crippen MR) is 82.0 cm³/mol. The summed E-state index contributed by atoms with van der Waals surface area (Å²) in [5.41, 5.74) is -0.240. The Morgan fingerprint density at radius 1 is 1.35 bits per heavy atom. The van der Waals surface area contributed by atoms with E-state index >= 15 is 0 Å². The fraction of sp³-hybridized carbons (Fsp3) is 0.562. The third-order valence-electron chi connectivity index (χ3n) is 3.30. The minimum absolute atomic E-state index is 0.0997. The van der Waals surface area contributed by atoms with E-state index in [2.05, 4.69) is 10.6 Å².